The summed E-state index contributed by atoms with van der Waals surface area (Å²) >= 11 is 6.03. The second-order valence-corrected chi connectivity index (χ2v) is 6.70. The zero-order chi connectivity index (χ0) is 19.5. The number of halogens is 1. The van der Waals surface area contributed by atoms with Crippen molar-refractivity contribution in [2.24, 2.45) is 0 Å². The predicted molar refractivity (Wildman–Crippen MR) is 112 cm³/mol. The maximum Gasteiger partial charge on any atom is 0.263 e. The van der Waals surface area contributed by atoms with Crippen molar-refractivity contribution in [1.82, 2.24) is 4.98 Å². The highest BCUT2D eigenvalue weighted by atomic mass is 35.5. The second-order valence-electron chi connectivity index (χ2n) is 6.26. The number of benzene rings is 2. The summed E-state index contributed by atoms with van der Waals surface area (Å²) in [5.74, 6) is 0.669. The zero-order valence-electron chi connectivity index (χ0n) is 15.2. The topological polar surface area (TPSA) is 42.4 Å². The molecule has 5 heteroatoms. The van der Waals surface area contributed by atoms with E-state index in [9.17, 15) is 4.79 Å². The Kier molecular flexibility index (Phi) is 4.96. The Morgan fingerprint density at radius 2 is 1.79 bits per heavy atom. The molecule has 1 aliphatic rings. The van der Waals surface area contributed by atoms with Crippen molar-refractivity contribution in [3.63, 3.8) is 0 Å². The summed E-state index contributed by atoms with van der Waals surface area (Å²) in [4.78, 5) is 19.0. The smallest absolute Gasteiger partial charge is 0.263 e. The van der Waals surface area contributed by atoms with Gasteiger partial charge in [0.25, 0.3) is 5.91 Å². The minimum atomic E-state index is -0.103. The number of aromatic nitrogens is 1. The number of rotatable bonds is 4. The fourth-order valence-corrected chi connectivity index (χ4v) is 3.20. The Morgan fingerprint density at radius 1 is 1.04 bits per heavy atom. The number of carbonyl (C=O) groups excluding carboxylic acids is 1. The zero-order valence-corrected chi connectivity index (χ0v) is 15.9. The minimum Gasteiger partial charge on any atom is -0.497 e. The molecule has 0 atom stereocenters. The van der Waals surface area contributed by atoms with Gasteiger partial charge in [0.15, 0.2) is 0 Å². The molecular formula is C23H17ClN2O2. The Morgan fingerprint density at radius 3 is 2.43 bits per heavy atom. The molecule has 0 saturated heterocycles. The molecule has 0 spiro atoms. The third kappa shape index (κ3) is 3.55. The molecule has 0 bridgehead atoms. The SMILES string of the molecule is COc1ccc(/C=C2/C=C(c3ccc(Cl)cc3)N(c3cccnc3)C2=O)cc1. The number of ether oxygens (including phenoxy) is 1. The number of pyridine rings is 1. The molecule has 0 aliphatic carbocycles. The third-order valence-corrected chi connectivity index (χ3v) is 4.72. The number of anilines is 1. The summed E-state index contributed by atoms with van der Waals surface area (Å²) in [6.45, 7) is 0. The lowest BCUT2D eigenvalue weighted by molar-refractivity contribution is -0.113. The molecule has 0 N–H and O–H groups in total. The van der Waals surface area contributed by atoms with Crippen LogP contribution in [0.2, 0.25) is 5.02 Å². The first-order chi connectivity index (χ1) is 13.7. The molecule has 2 aromatic carbocycles. The first-order valence-corrected chi connectivity index (χ1v) is 9.11. The summed E-state index contributed by atoms with van der Waals surface area (Å²) in [7, 11) is 1.63. The fraction of sp³-hybridized carbons (Fsp3) is 0.0435. The van der Waals surface area contributed by atoms with Crippen LogP contribution < -0.4 is 9.64 Å². The summed E-state index contributed by atoms with van der Waals surface area (Å²) in [6, 6.07) is 18.7. The standard InChI is InChI=1S/C23H17ClN2O2/c1-28-21-10-4-16(5-11-21)13-18-14-22(17-6-8-19(24)9-7-17)26(23(18)27)20-3-2-12-25-15-20/h2-15H,1H3/b18-13-. The van der Waals surface area contributed by atoms with E-state index in [4.69, 9.17) is 16.3 Å². The summed E-state index contributed by atoms with van der Waals surface area (Å²) in [5.41, 5.74) is 3.92. The number of hydrogen-bond donors (Lipinski definition) is 0. The third-order valence-electron chi connectivity index (χ3n) is 4.47. The molecule has 138 valence electrons. The van der Waals surface area contributed by atoms with Crippen LogP contribution in [0.1, 0.15) is 11.1 Å². The summed E-state index contributed by atoms with van der Waals surface area (Å²) in [5, 5.41) is 0.649. The average molecular weight is 389 g/mol. The van der Waals surface area contributed by atoms with Crippen molar-refractivity contribution in [2.75, 3.05) is 12.0 Å². The van der Waals surface area contributed by atoms with Gasteiger partial charge in [0.2, 0.25) is 0 Å². The van der Waals surface area contributed by atoms with Crippen molar-refractivity contribution in [2.45, 2.75) is 0 Å². The van der Waals surface area contributed by atoms with Crippen LogP contribution in [-0.2, 0) is 4.79 Å². The van der Waals surface area contributed by atoms with Crippen molar-refractivity contribution < 1.29 is 9.53 Å². The van der Waals surface area contributed by atoms with Crippen LogP contribution in [-0.4, -0.2) is 18.0 Å². The molecule has 1 amide bonds. The number of hydrogen-bond acceptors (Lipinski definition) is 3. The Balaban J connectivity index is 1.78. The van der Waals surface area contributed by atoms with Crippen LogP contribution >= 0.6 is 11.6 Å². The molecule has 0 unspecified atom stereocenters. The van der Waals surface area contributed by atoms with E-state index in [1.54, 1.807) is 24.4 Å². The van der Waals surface area contributed by atoms with Gasteiger partial charge in [0, 0.05) is 16.8 Å². The lowest BCUT2D eigenvalue weighted by atomic mass is 10.1. The van der Waals surface area contributed by atoms with Crippen LogP contribution in [0.3, 0.4) is 0 Å². The Bertz CT molecular complexity index is 1060. The van der Waals surface area contributed by atoms with E-state index in [1.807, 2.05) is 72.8 Å². The highest BCUT2D eigenvalue weighted by Gasteiger charge is 2.30. The molecule has 0 radical (unpaired) electrons. The average Bonchev–Trinajstić information content (AvgIpc) is 3.06. The Hall–Kier alpha value is -3.37. The van der Waals surface area contributed by atoms with Crippen LogP contribution in [0.25, 0.3) is 11.8 Å². The minimum absolute atomic E-state index is 0.103. The normalized spacial score (nSPS) is 15.1. The summed E-state index contributed by atoms with van der Waals surface area (Å²) in [6.07, 6.45) is 7.12. The number of methoxy groups -OCH3 is 1. The lowest BCUT2D eigenvalue weighted by Crippen LogP contribution is -2.25. The summed E-state index contributed by atoms with van der Waals surface area (Å²) < 4.78 is 5.19. The number of carbonyl (C=O) groups is 1. The lowest BCUT2D eigenvalue weighted by Gasteiger charge is -2.20. The van der Waals surface area contributed by atoms with Crippen LogP contribution in [0.15, 0.2) is 84.7 Å². The van der Waals surface area contributed by atoms with E-state index in [2.05, 4.69) is 4.98 Å². The molecule has 4 nitrogen and oxygen atoms in total. The molecule has 4 rings (SSSR count). The van der Waals surface area contributed by atoms with Gasteiger partial charge in [0.1, 0.15) is 5.75 Å². The van der Waals surface area contributed by atoms with E-state index < -0.39 is 0 Å². The van der Waals surface area contributed by atoms with Gasteiger partial charge in [0.05, 0.1) is 24.7 Å². The van der Waals surface area contributed by atoms with Crippen molar-refractivity contribution >= 4 is 35.0 Å². The largest absolute Gasteiger partial charge is 0.497 e. The van der Waals surface area contributed by atoms with E-state index >= 15 is 0 Å². The van der Waals surface area contributed by atoms with Crippen LogP contribution in [0, 0.1) is 0 Å². The monoisotopic (exact) mass is 388 g/mol. The van der Waals surface area contributed by atoms with Gasteiger partial charge < -0.3 is 4.74 Å². The van der Waals surface area contributed by atoms with Gasteiger partial charge in [-0.2, -0.15) is 0 Å². The van der Waals surface area contributed by atoms with Gasteiger partial charge in [-0.3, -0.25) is 14.7 Å². The molecule has 28 heavy (non-hydrogen) atoms. The first-order valence-electron chi connectivity index (χ1n) is 8.73. The van der Waals surface area contributed by atoms with Gasteiger partial charge in [-0.1, -0.05) is 35.9 Å². The van der Waals surface area contributed by atoms with Crippen molar-refractivity contribution in [1.29, 1.82) is 0 Å². The Labute approximate surface area is 168 Å². The highest BCUT2D eigenvalue weighted by Crippen LogP contribution is 2.35. The van der Waals surface area contributed by atoms with Crippen molar-refractivity contribution in [3.8, 4) is 5.75 Å². The molecule has 0 saturated carbocycles. The first kappa shape index (κ1) is 18.0. The second kappa shape index (κ2) is 7.71. The molecular weight excluding hydrogens is 372 g/mol. The highest BCUT2D eigenvalue weighted by molar-refractivity contribution is 6.30. The maximum absolute atomic E-state index is 13.2. The number of nitrogens with zero attached hydrogens (tertiary/aromatic N) is 2. The predicted octanol–water partition coefficient (Wildman–Crippen LogP) is 5.21. The molecule has 3 aromatic rings. The van der Waals surface area contributed by atoms with Gasteiger partial charge in [-0.05, 0) is 59.7 Å². The van der Waals surface area contributed by atoms with E-state index in [0.29, 0.717) is 16.3 Å². The van der Waals surface area contributed by atoms with E-state index in [-0.39, 0.29) is 5.91 Å². The molecule has 0 fully saturated rings. The van der Waals surface area contributed by atoms with E-state index in [1.165, 1.54) is 0 Å². The fourth-order valence-electron chi connectivity index (χ4n) is 3.07. The van der Waals surface area contributed by atoms with E-state index in [0.717, 1.165) is 22.6 Å². The number of amides is 1. The van der Waals surface area contributed by atoms with Crippen LogP contribution in [0.4, 0.5) is 5.69 Å². The van der Waals surface area contributed by atoms with Crippen molar-refractivity contribution in [3.05, 3.63) is 101 Å². The van der Waals surface area contributed by atoms with Crippen LogP contribution in [0.5, 0.6) is 5.75 Å². The maximum atomic E-state index is 13.2. The molecule has 1 aromatic heterocycles. The molecule has 2 heterocycles. The molecule has 1 aliphatic heterocycles. The van der Waals surface area contributed by atoms with Gasteiger partial charge in [-0.25, -0.2) is 0 Å². The van der Waals surface area contributed by atoms with Gasteiger partial charge >= 0.3 is 0 Å². The van der Waals surface area contributed by atoms with Gasteiger partial charge in [-0.15, -0.1) is 0 Å². The quantitative estimate of drug-likeness (QED) is 0.576.